The van der Waals surface area contributed by atoms with Crippen LogP contribution in [0.15, 0.2) is 18.2 Å². The van der Waals surface area contributed by atoms with Crippen LogP contribution in [0.1, 0.15) is 17.5 Å². The van der Waals surface area contributed by atoms with Crippen molar-refractivity contribution in [1.82, 2.24) is 5.32 Å². The second-order valence-electron chi connectivity index (χ2n) is 4.88. The predicted octanol–water partition coefficient (Wildman–Crippen LogP) is 3.13. The third kappa shape index (κ3) is 1.89. The van der Waals surface area contributed by atoms with Crippen molar-refractivity contribution in [2.75, 3.05) is 13.1 Å². The van der Waals surface area contributed by atoms with Crippen LogP contribution in [-0.4, -0.2) is 13.1 Å². The Balaban J connectivity index is 0.00000120. The van der Waals surface area contributed by atoms with Crippen molar-refractivity contribution < 1.29 is 17.6 Å². The Morgan fingerprint density at radius 2 is 2.00 bits per heavy atom. The average molecular weight is 282 g/mol. The van der Waals surface area contributed by atoms with E-state index in [-0.39, 0.29) is 17.8 Å². The van der Waals surface area contributed by atoms with E-state index in [0.29, 0.717) is 18.0 Å². The van der Waals surface area contributed by atoms with Crippen LogP contribution in [0.25, 0.3) is 0 Å². The van der Waals surface area contributed by atoms with Gasteiger partial charge in [0, 0.05) is 12.0 Å². The lowest BCUT2D eigenvalue weighted by atomic mass is 9.93. The zero-order valence-electron chi connectivity index (χ0n) is 9.35. The summed E-state index contributed by atoms with van der Waals surface area (Å²) in [6.07, 6.45) is -3.71. The summed E-state index contributed by atoms with van der Waals surface area (Å²) in [7, 11) is 0. The molecule has 1 aromatic carbocycles. The zero-order valence-corrected chi connectivity index (χ0v) is 10.2. The molecular formula is C12H12ClF4N. The van der Waals surface area contributed by atoms with Crippen molar-refractivity contribution in [1.29, 1.82) is 0 Å². The number of piperidine rings is 1. The Morgan fingerprint density at radius 3 is 2.50 bits per heavy atom. The number of rotatable bonds is 1. The van der Waals surface area contributed by atoms with E-state index in [1.807, 2.05) is 0 Å². The van der Waals surface area contributed by atoms with E-state index in [2.05, 4.69) is 5.32 Å². The van der Waals surface area contributed by atoms with Crippen LogP contribution in [0.5, 0.6) is 0 Å². The van der Waals surface area contributed by atoms with Crippen LogP contribution in [0, 0.1) is 11.7 Å². The van der Waals surface area contributed by atoms with Gasteiger partial charge in [-0.05, 0) is 36.6 Å². The Hall–Kier alpha value is -0.810. The Labute approximate surface area is 108 Å². The van der Waals surface area contributed by atoms with Gasteiger partial charge in [-0.1, -0.05) is 6.07 Å². The lowest BCUT2D eigenvalue weighted by molar-refractivity contribution is -0.140. The average Bonchev–Trinajstić information content (AvgIpc) is 2.80. The van der Waals surface area contributed by atoms with Gasteiger partial charge in [-0.2, -0.15) is 13.2 Å². The lowest BCUT2D eigenvalue weighted by Gasteiger charge is -2.15. The van der Waals surface area contributed by atoms with Crippen LogP contribution in [0.4, 0.5) is 17.6 Å². The molecule has 0 aromatic heterocycles. The molecule has 1 aliphatic heterocycles. The van der Waals surface area contributed by atoms with Crippen LogP contribution >= 0.6 is 12.4 Å². The van der Waals surface area contributed by atoms with Crippen molar-refractivity contribution in [2.24, 2.45) is 5.92 Å². The monoisotopic (exact) mass is 281 g/mol. The molecule has 2 fully saturated rings. The maximum Gasteiger partial charge on any atom is 0.419 e. The SMILES string of the molecule is Cl.Fc1ccc(C23CNCC2C3)cc1C(F)(F)F. The Kier molecular flexibility index (Phi) is 3.10. The van der Waals surface area contributed by atoms with Crippen LogP contribution < -0.4 is 5.32 Å². The third-order valence-corrected chi connectivity index (χ3v) is 3.91. The van der Waals surface area contributed by atoms with Gasteiger partial charge in [-0.15, -0.1) is 12.4 Å². The second-order valence-corrected chi connectivity index (χ2v) is 4.88. The van der Waals surface area contributed by atoms with Gasteiger partial charge in [0.2, 0.25) is 0 Å². The zero-order chi connectivity index (χ0) is 12.3. The van der Waals surface area contributed by atoms with E-state index in [4.69, 9.17) is 0 Å². The molecule has 1 nitrogen and oxygen atoms in total. The molecule has 6 heteroatoms. The number of hydrogen-bond donors (Lipinski definition) is 1. The molecule has 0 amide bonds. The second kappa shape index (κ2) is 4.10. The first-order valence-corrected chi connectivity index (χ1v) is 5.51. The molecule has 3 rings (SSSR count). The lowest BCUT2D eigenvalue weighted by Crippen LogP contribution is -2.20. The van der Waals surface area contributed by atoms with Gasteiger partial charge in [-0.25, -0.2) is 4.39 Å². The largest absolute Gasteiger partial charge is 0.419 e. The van der Waals surface area contributed by atoms with Gasteiger partial charge in [0.1, 0.15) is 5.82 Å². The molecule has 1 aromatic rings. The fourth-order valence-corrected chi connectivity index (χ4v) is 2.84. The highest BCUT2D eigenvalue weighted by atomic mass is 35.5. The van der Waals surface area contributed by atoms with Crippen molar-refractivity contribution in [3.8, 4) is 0 Å². The van der Waals surface area contributed by atoms with E-state index in [1.54, 1.807) is 0 Å². The summed E-state index contributed by atoms with van der Waals surface area (Å²) in [6.45, 7) is 1.54. The standard InChI is InChI=1S/C12H11F4N.ClH/c13-10-2-1-7(3-9(10)12(14,15)16)11-4-8(11)5-17-6-11;/h1-3,8,17H,4-6H2;1H. The molecule has 0 spiro atoms. The first-order valence-electron chi connectivity index (χ1n) is 5.51. The highest BCUT2D eigenvalue weighted by Gasteiger charge is 2.58. The number of fused-ring (bicyclic) bond motifs is 1. The summed E-state index contributed by atoms with van der Waals surface area (Å²) in [5, 5.41) is 3.16. The molecule has 1 N–H and O–H groups in total. The topological polar surface area (TPSA) is 12.0 Å². The minimum absolute atomic E-state index is 0. The molecule has 2 atom stereocenters. The number of nitrogens with one attached hydrogen (secondary N) is 1. The first-order chi connectivity index (χ1) is 7.93. The van der Waals surface area contributed by atoms with Crippen molar-refractivity contribution in [3.63, 3.8) is 0 Å². The van der Waals surface area contributed by atoms with Gasteiger partial charge in [0.25, 0.3) is 0 Å². The summed E-state index contributed by atoms with van der Waals surface area (Å²) >= 11 is 0. The van der Waals surface area contributed by atoms with Gasteiger partial charge in [0.15, 0.2) is 0 Å². The minimum Gasteiger partial charge on any atom is -0.316 e. The Morgan fingerprint density at radius 1 is 1.28 bits per heavy atom. The smallest absolute Gasteiger partial charge is 0.316 e. The van der Waals surface area contributed by atoms with E-state index in [9.17, 15) is 17.6 Å². The van der Waals surface area contributed by atoms with Gasteiger partial charge < -0.3 is 5.32 Å². The third-order valence-electron chi connectivity index (χ3n) is 3.91. The fraction of sp³-hybridized carbons (Fsp3) is 0.500. The van der Waals surface area contributed by atoms with E-state index < -0.39 is 17.6 Å². The maximum atomic E-state index is 13.2. The molecule has 1 heterocycles. The molecule has 2 aliphatic rings. The fourth-order valence-electron chi connectivity index (χ4n) is 2.84. The normalized spacial score (nSPS) is 29.7. The van der Waals surface area contributed by atoms with Crippen LogP contribution in [0.3, 0.4) is 0 Å². The highest BCUT2D eigenvalue weighted by molar-refractivity contribution is 5.85. The number of alkyl halides is 3. The molecule has 100 valence electrons. The van der Waals surface area contributed by atoms with Crippen molar-refractivity contribution >= 4 is 12.4 Å². The van der Waals surface area contributed by atoms with Gasteiger partial charge >= 0.3 is 6.18 Å². The summed E-state index contributed by atoms with van der Waals surface area (Å²) in [5.41, 5.74) is -0.712. The minimum atomic E-state index is -4.62. The molecular weight excluding hydrogens is 270 g/mol. The van der Waals surface area contributed by atoms with E-state index in [0.717, 1.165) is 25.1 Å². The molecule has 0 bridgehead atoms. The van der Waals surface area contributed by atoms with E-state index in [1.165, 1.54) is 6.07 Å². The predicted molar refractivity (Wildman–Crippen MR) is 61.3 cm³/mol. The molecule has 2 unspecified atom stereocenters. The summed E-state index contributed by atoms with van der Waals surface area (Å²) in [5.74, 6) is -0.783. The van der Waals surface area contributed by atoms with Gasteiger partial charge in [-0.3, -0.25) is 0 Å². The molecule has 1 saturated carbocycles. The van der Waals surface area contributed by atoms with Crippen LogP contribution in [-0.2, 0) is 11.6 Å². The summed E-state index contributed by atoms with van der Waals surface area (Å²) in [6, 6.07) is 3.39. The number of benzene rings is 1. The maximum absolute atomic E-state index is 13.2. The van der Waals surface area contributed by atoms with Crippen molar-refractivity contribution in [3.05, 3.63) is 35.1 Å². The van der Waals surface area contributed by atoms with E-state index >= 15 is 0 Å². The van der Waals surface area contributed by atoms with Crippen LogP contribution in [0.2, 0.25) is 0 Å². The quantitative estimate of drug-likeness (QED) is 0.780. The first kappa shape index (κ1) is 13.6. The molecule has 0 radical (unpaired) electrons. The molecule has 18 heavy (non-hydrogen) atoms. The Bertz CT molecular complexity index is 474. The highest BCUT2D eigenvalue weighted by Crippen LogP contribution is 2.56. The van der Waals surface area contributed by atoms with Crippen molar-refractivity contribution in [2.45, 2.75) is 18.0 Å². The molecule has 1 aliphatic carbocycles. The molecule has 1 saturated heterocycles. The summed E-state index contributed by atoms with van der Waals surface area (Å²) < 4.78 is 51.0. The van der Waals surface area contributed by atoms with Gasteiger partial charge in [0.05, 0.1) is 5.56 Å². The number of halogens is 5. The number of hydrogen-bond acceptors (Lipinski definition) is 1. The summed E-state index contributed by atoms with van der Waals surface area (Å²) in [4.78, 5) is 0.